The zero-order valence-corrected chi connectivity index (χ0v) is 17.6. The van der Waals surface area contributed by atoms with Gasteiger partial charge in [-0.05, 0) is 32.0 Å². The number of hydrogen-bond donors (Lipinski definition) is 0. The highest BCUT2D eigenvalue weighted by molar-refractivity contribution is 6.81. The lowest BCUT2D eigenvalue weighted by Gasteiger charge is -2.52. The van der Waals surface area contributed by atoms with Crippen molar-refractivity contribution in [3.63, 3.8) is 0 Å². The third-order valence-corrected chi connectivity index (χ3v) is 6.29. The van der Waals surface area contributed by atoms with Gasteiger partial charge in [-0.3, -0.25) is 0 Å². The second kappa shape index (κ2) is 6.78. The fraction of sp³-hybridized carbons (Fsp3) is 0.700. The molecule has 2 nitrogen and oxygen atoms in total. The zero-order valence-electron chi connectivity index (χ0n) is 17.6. The number of aryl methyl sites for hydroxylation is 2. The van der Waals surface area contributed by atoms with E-state index in [1.54, 1.807) is 0 Å². The van der Waals surface area contributed by atoms with Gasteiger partial charge in [0.1, 0.15) is 0 Å². The summed E-state index contributed by atoms with van der Waals surface area (Å²) in [6.45, 7) is 22.0. The van der Waals surface area contributed by atoms with Crippen molar-refractivity contribution in [1.29, 1.82) is 0 Å². The molecule has 1 aromatic rings. The first-order valence-electron chi connectivity index (χ1n) is 9.71. The number of fused-ring (bicyclic) bond motifs is 3. The fourth-order valence-electron chi connectivity index (χ4n) is 4.78. The van der Waals surface area contributed by atoms with Crippen LogP contribution in [0.5, 0.6) is 0 Å². The molecule has 132 valence electrons. The van der Waals surface area contributed by atoms with Crippen LogP contribution in [0.15, 0.2) is 12.1 Å². The summed E-state index contributed by atoms with van der Waals surface area (Å²) in [6, 6.07) is 4.75. The fourth-order valence-corrected chi connectivity index (χ4v) is 4.78. The average molecular weight is 326 g/mol. The van der Waals surface area contributed by atoms with Crippen molar-refractivity contribution in [3.8, 4) is 0 Å². The van der Waals surface area contributed by atoms with Crippen molar-refractivity contribution in [3.05, 3.63) is 28.8 Å². The maximum Gasteiger partial charge on any atom is 0.250 e. The number of anilines is 1. The molecule has 3 rings (SSSR count). The highest BCUT2D eigenvalue weighted by Gasteiger charge is 2.55. The third kappa shape index (κ3) is 2.81. The van der Waals surface area contributed by atoms with Gasteiger partial charge in [0.05, 0.1) is 6.17 Å². The molecular formula is C20H36B2N2. The molecule has 2 unspecified atom stereocenters. The Hall–Kier alpha value is -0.890. The Labute approximate surface area is 151 Å². The van der Waals surface area contributed by atoms with E-state index >= 15 is 0 Å². The van der Waals surface area contributed by atoms with Crippen molar-refractivity contribution in [2.75, 3.05) is 11.9 Å². The molecule has 1 saturated heterocycles. The molecule has 2 heterocycles. The molecular weight excluding hydrogens is 290 g/mol. The molecule has 0 saturated carbocycles. The highest BCUT2D eigenvalue weighted by atomic mass is 15.3. The Morgan fingerprint density at radius 3 is 2.17 bits per heavy atom. The molecule has 0 radical (unpaired) electrons. The van der Waals surface area contributed by atoms with Crippen LogP contribution in [0.3, 0.4) is 0 Å². The Morgan fingerprint density at radius 1 is 1.08 bits per heavy atom. The molecule has 0 spiro atoms. The highest BCUT2D eigenvalue weighted by Crippen LogP contribution is 2.51. The Morgan fingerprint density at radius 2 is 1.62 bits per heavy atom. The number of rotatable bonds is 0. The summed E-state index contributed by atoms with van der Waals surface area (Å²) in [7, 11) is 2.31. The molecule has 0 bridgehead atoms. The average Bonchev–Trinajstić information content (AvgIpc) is 2.72. The lowest BCUT2D eigenvalue weighted by atomic mass is 9.30. The summed E-state index contributed by atoms with van der Waals surface area (Å²) < 4.78 is 0. The van der Waals surface area contributed by atoms with Gasteiger partial charge in [-0.15, -0.1) is 0 Å². The molecule has 4 heteroatoms. The van der Waals surface area contributed by atoms with E-state index in [4.69, 9.17) is 0 Å². The van der Waals surface area contributed by atoms with Gasteiger partial charge in [-0.1, -0.05) is 78.1 Å². The normalized spacial score (nSPS) is 25.2. The van der Waals surface area contributed by atoms with E-state index in [1.807, 2.05) is 0 Å². The first kappa shape index (κ1) is 19.4. The first-order valence-corrected chi connectivity index (χ1v) is 9.71. The molecule has 1 aromatic carbocycles. The van der Waals surface area contributed by atoms with Crippen LogP contribution >= 0.6 is 0 Å². The number of likely N-dealkylation sites (N-methyl/N-ethyl adjacent to an activating group) is 1. The van der Waals surface area contributed by atoms with E-state index in [2.05, 4.69) is 90.9 Å². The number of benzene rings is 1. The Bertz CT molecular complexity index is 600. The summed E-state index contributed by atoms with van der Waals surface area (Å²) >= 11 is 0. The van der Waals surface area contributed by atoms with Gasteiger partial charge >= 0.3 is 0 Å². The van der Waals surface area contributed by atoms with Gasteiger partial charge in [0, 0.05) is 11.1 Å². The van der Waals surface area contributed by atoms with Crippen LogP contribution in [0.2, 0.25) is 19.4 Å². The quantitative estimate of drug-likeness (QED) is 0.600. The monoisotopic (exact) mass is 326 g/mol. The van der Waals surface area contributed by atoms with E-state index < -0.39 is 0 Å². The molecule has 0 aromatic heterocycles. The third-order valence-electron chi connectivity index (χ3n) is 6.29. The summed E-state index contributed by atoms with van der Waals surface area (Å²) in [6.07, 6.45) is 1.72. The second-order valence-corrected chi connectivity index (χ2v) is 8.69. The maximum atomic E-state index is 2.70. The minimum atomic E-state index is 0.170. The van der Waals surface area contributed by atoms with E-state index in [0.29, 0.717) is 25.6 Å². The van der Waals surface area contributed by atoms with Gasteiger partial charge < -0.3 is 9.62 Å². The predicted molar refractivity (Wildman–Crippen MR) is 112 cm³/mol. The predicted octanol–water partition coefficient (Wildman–Crippen LogP) is 5.26. The van der Waals surface area contributed by atoms with Crippen LogP contribution in [-0.4, -0.2) is 31.7 Å². The van der Waals surface area contributed by atoms with Crippen molar-refractivity contribution in [1.82, 2.24) is 4.81 Å². The van der Waals surface area contributed by atoms with Gasteiger partial charge in [-0.25, -0.2) is 0 Å². The maximum absolute atomic E-state index is 2.70. The van der Waals surface area contributed by atoms with Crippen molar-refractivity contribution in [2.45, 2.75) is 85.8 Å². The van der Waals surface area contributed by atoms with Crippen LogP contribution < -0.4 is 4.81 Å². The molecule has 24 heavy (non-hydrogen) atoms. The van der Waals surface area contributed by atoms with E-state index in [1.165, 1.54) is 28.8 Å². The second-order valence-electron chi connectivity index (χ2n) is 8.69. The first-order chi connectivity index (χ1) is 11.1. The topological polar surface area (TPSA) is 6.48 Å². The van der Waals surface area contributed by atoms with E-state index in [-0.39, 0.29) is 5.41 Å². The van der Waals surface area contributed by atoms with Gasteiger partial charge in [0.15, 0.2) is 0 Å². The molecule has 2 aliphatic heterocycles. The van der Waals surface area contributed by atoms with Crippen LogP contribution in [0.1, 0.15) is 57.7 Å². The zero-order chi connectivity index (χ0) is 18.4. The van der Waals surface area contributed by atoms with Crippen molar-refractivity contribution >= 4 is 19.4 Å². The SMILES string of the molecule is CB1C(C)B(C)N2c3c(C)cc(C)cc3C(C)(C)C2N1C.CCC. The standard InChI is InChI=1S/C17H28B2N2.C3H8/c1-11-9-12(2)15-14(10-11)17(4,5)16-20(8)18(6)13(3)19(7)21(15)16;1-3-2/h9-10,13,16H,1-8H3;3H2,1-2H3. The number of hydrogen-bond acceptors (Lipinski definition) is 2. The lowest BCUT2D eigenvalue weighted by Crippen LogP contribution is -2.67. The molecule has 0 N–H and O–H groups in total. The Kier molecular flexibility index (Phi) is 5.49. The van der Waals surface area contributed by atoms with E-state index in [9.17, 15) is 0 Å². The molecule has 0 amide bonds. The molecule has 1 fully saturated rings. The minimum Gasteiger partial charge on any atom is -0.401 e. The van der Waals surface area contributed by atoms with Crippen LogP contribution in [0, 0.1) is 13.8 Å². The van der Waals surface area contributed by atoms with Crippen molar-refractivity contribution < 1.29 is 0 Å². The summed E-state index contributed by atoms with van der Waals surface area (Å²) in [5.41, 5.74) is 6.69. The van der Waals surface area contributed by atoms with Crippen LogP contribution in [0.4, 0.5) is 5.69 Å². The molecule has 2 atom stereocenters. The summed E-state index contributed by atoms with van der Waals surface area (Å²) in [5, 5.41) is 0. The van der Waals surface area contributed by atoms with Gasteiger partial charge in [0.25, 0.3) is 0 Å². The lowest BCUT2D eigenvalue weighted by molar-refractivity contribution is 0.274. The van der Waals surface area contributed by atoms with Crippen LogP contribution in [-0.2, 0) is 5.41 Å². The van der Waals surface area contributed by atoms with Crippen LogP contribution in [0.25, 0.3) is 0 Å². The smallest absolute Gasteiger partial charge is 0.250 e. The number of nitrogens with zero attached hydrogens (tertiary/aromatic N) is 2. The molecule has 2 aliphatic rings. The van der Waals surface area contributed by atoms with E-state index in [0.717, 1.165) is 0 Å². The molecule has 0 aliphatic carbocycles. The summed E-state index contributed by atoms with van der Waals surface area (Å²) in [5.74, 6) is 0. The van der Waals surface area contributed by atoms with Crippen molar-refractivity contribution in [2.24, 2.45) is 0 Å². The van der Waals surface area contributed by atoms with Gasteiger partial charge in [0.2, 0.25) is 13.7 Å². The van der Waals surface area contributed by atoms with Gasteiger partial charge in [-0.2, -0.15) is 0 Å². The Balaban J connectivity index is 0.000000647. The largest absolute Gasteiger partial charge is 0.401 e. The summed E-state index contributed by atoms with van der Waals surface area (Å²) in [4.78, 5) is 5.30. The minimum absolute atomic E-state index is 0.170.